The van der Waals surface area contributed by atoms with Crippen LogP contribution in [0.25, 0.3) is 22.6 Å². The van der Waals surface area contributed by atoms with Gasteiger partial charge < -0.3 is 15.2 Å². The van der Waals surface area contributed by atoms with E-state index in [1.807, 2.05) is 4.57 Å². The van der Waals surface area contributed by atoms with Crippen molar-refractivity contribution >= 4 is 11.9 Å². The average molecular weight is 352 g/mol. The number of nitrogen functional groups attached to an aromatic ring is 1. The lowest BCUT2D eigenvalue weighted by molar-refractivity contribution is -0.130. The maximum absolute atomic E-state index is 13.3. The number of carbonyl (C=O) groups excluding carboxylic acids is 1. The molecule has 0 spiro atoms. The van der Waals surface area contributed by atoms with Crippen LogP contribution in [0.3, 0.4) is 0 Å². The van der Waals surface area contributed by atoms with E-state index in [0.717, 1.165) is 17.1 Å². The quantitative estimate of drug-likeness (QED) is 0.763. The Kier molecular flexibility index (Phi) is 3.87. The van der Waals surface area contributed by atoms with Crippen LogP contribution in [0.5, 0.6) is 0 Å². The van der Waals surface area contributed by atoms with Gasteiger partial charge in [-0.2, -0.15) is 0 Å². The molecule has 0 aliphatic carbocycles. The molecule has 0 bridgehead atoms. The van der Waals surface area contributed by atoms with Crippen LogP contribution in [0, 0.1) is 5.82 Å². The van der Waals surface area contributed by atoms with Gasteiger partial charge in [0.05, 0.1) is 23.6 Å². The summed E-state index contributed by atoms with van der Waals surface area (Å²) in [6.07, 6.45) is 1.59. The fourth-order valence-electron chi connectivity index (χ4n) is 3.17. The summed E-state index contributed by atoms with van der Waals surface area (Å²) in [6.45, 7) is 3.16. The van der Waals surface area contributed by atoms with Crippen LogP contribution in [0.1, 0.15) is 12.7 Å². The number of aromatic nitrogens is 4. The number of rotatable bonds is 2. The van der Waals surface area contributed by atoms with Gasteiger partial charge in [0.15, 0.2) is 0 Å². The van der Waals surface area contributed by atoms with Crippen molar-refractivity contribution in [2.75, 3.05) is 12.3 Å². The fourth-order valence-corrected chi connectivity index (χ4v) is 3.17. The van der Waals surface area contributed by atoms with Crippen molar-refractivity contribution in [2.45, 2.75) is 20.0 Å². The summed E-state index contributed by atoms with van der Waals surface area (Å²) < 4.78 is 15.4. The number of benzene rings is 1. The van der Waals surface area contributed by atoms with E-state index < -0.39 is 0 Å². The summed E-state index contributed by atoms with van der Waals surface area (Å²) in [7, 11) is 0. The highest BCUT2D eigenvalue weighted by Gasteiger charge is 2.26. The Hall–Kier alpha value is -3.29. The minimum Gasteiger partial charge on any atom is -0.368 e. The lowest BCUT2D eigenvalue weighted by Crippen LogP contribution is -2.37. The Morgan fingerprint density at radius 2 is 1.92 bits per heavy atom. The molecule has 0 radical (unpaired) electrons. The van der Waals surface area contributed by atoms with Gasteiger partial charge in [-0.3, -0.25) is 4.79 Å². The number of hydrogen-bond acceptors (Lipinski definition) is 5. The zero-order valence-corrected chi connectivity index (χ0v) is 14.2. The van der Waals surface area contributed by atoms with Gasteiger partial charge in [0.1, 0.15) is 11.6 Å². The summed E-state index contributed by atoms with van der Waals surface area (Å²) in [5, 5.41) is 0. The van der Waals surface area contributed by atoms with Gasteiger partial charge in [-0.05, 0) is 30.3 Å². The highest BCUT2D eigenvalue weighted by molar-refractivity contribution is 5.78. The first-order chi connectivity index (χ1) is 12.5. The third-order valence-electron chi connectivity index (χ3n) is 4.45. The SMILES string of the molecule is CC(=O)N1CCn2c(nc(-c3ccc(F)cc3)c2-c2ccnc(N)n2)C1. The summed E-state index contributed by atoms with van der Waals surface area (Å²) in [5.74, 6) is 0.631. The second-order valence-corrected chi connectivity index (χ2v) is 6.12. The van der Waals surface area contributed by atoms with E-state index in [2.05, 4.69) is 9.97 Å². The smallest absolute Gasteiger partial charge is 0.220 e. The number of nitrogens with zero attached hydrogens (tertiary/aromatic N) is 5. The van der Waals surface area contributed by atoms with Crippen molar-refractivity contribution in [1.82, 2.24) is 24.4 Å². The first kappa shape index (κ1) is 16.2. The standard InChI is InChI=1S/C18H17FN6O/c1-11(26)24-8-9-25-15(10-24)23-16(12-2-4-13(19)5-3-12)17(25)14-6-7-21-18(20)22-14/h2-7H,8-10H2,1H3,(H2,20,21,22). The first-order valence-corrected chi connectivity index (χ1v) is 8.22. The van der Waals surface area contributed by atoms with Gasteiger partial charge in [0.2, 0.25) is 11.9 Å². The molecule has 2 N–H and O–H groups in total. The largest absolute Gasteiger partial charge is 0.368 e. The maximum atomic E-state index is 13.3. The second-order valence-electron chi connectivity index (χ2n) is 6.12. The molecule has 0 atom stereocenters. The molecule has 8 heteroatoms. The number of imidazole rings is 1. The summed E-state index contributed by atoms with van der Waals surface area (Å²) in [5.41, 5.74) is 8.65. The summed E-state index contributed by atoms with van der Waals surface area (Å²) in [4.78, 5) is 26.5. The highest BCUT2D eigenvalue weighted by atomic mass is 19.1. The lowest BCUT2D eigenvalue weighted by Gasteiger charge is -2.27. The second kappa shape index (κ2) is 6.21. The van der Waals surface area contributed by atoms with Crippen molar-refractivity contribution in [3.8, 4) is 22.6 Å². The normalized spacial score (nSPS) is 13.5. The molecule has 0 unspecified atom stereocenters. The number of amides is 1. The third-order valence-corrected chi connectivity index (χ3v) is 4.45. The van der Waals surface area contributed by atoms with Crippen LogP contribution in [0.15, 0.2) is 36.5 Å². The molecule has 7 nitrogen and oxygen atoms in total. The molecule has 0 saturated heterocycles. The molecule has 3 aromatic rings. The number of carbonyl (C=O) groups is 1. The summed E-state index contributed by atoms with van der Waals surface area (Å²) >= 11 is 0. The van der Waals surface area contributed by atoms with E-state index in [0.29, 0.717) is 31.0 Å². The average Bonchev–Trinajstić information content (AvgIpc) is 3.00. The predicted octanol–water partition coefficient (Wildman–Crippen LogP) is 2.09. The van der Waals surface area contributed by atoms with Gasteiger partial charge in [0.25, 0.3) is 0 Å². The molecular weight excluding hydrogens is 335 g/mol. The van der Waals surface area contributed by atoms with Crippen LogP contribution >= 0.6 is 0 Å². The van der Waals surface area contributed by atoms with E-state index in [1.165, 1.54) is 12.1 Å². The number of halogens is 1. The van der Waals surface area contributed by atoms with Crippen molar-refractivity contribution in [3.63, 3.8) is 0 Å². The molecule has 1 amide bonds. The molecule has 0 saturated carbocycles. The number of hydrogen-bond donors (Lipinski definition) is 1. The molecular formula is C18H17FN6O. The van der Waals surface area contributed by atoms with Crippen molar-refractivity contribution < 1.29 is 9.18 Å². The molecule has 0 fully saturated rings. The van der Waals surface area contributed by atoms with Crippen LogP contribution in [0.2, 0.25) is 0 Å². The van der Waals surface area contributed by atoms with Gasteiger partial charge >= 0.3 is 0 Å². The predicted molar refractivity (Wildman–Crippen MR) is 94.2 cm³/mol. The van der Waals surface area contributed by atoms with Crippen LogP contribution < -0.4 is 5.73 Å². The Labute approximate surface area is 149 Å². The van der Waals surface area contributed by atoms with E-state index in [9.17, 15) is 9.18 Å². The monoisotopic (exact) mass is 352 g/mol. The van der Waals surface area contributed by atoms with Crippen LogP contribution in [-0.2, 0) is 17.9 Å². The van der Waals surface area contributed by atoms with Crippen molar-refractivity contribution in [1.29, 1.82) is 0 Å². The van der Waals surface area contributed by atoms with Crippen LogP contribution in [-0.4, -0.2) is 36.9 Å². The van der Waals surface area contributed by atoms with Gasteiger partial charge in [0, 0.05) is 31.8 Å². The molecule has 1 aliphatic rings. The van der Waals surface area contributed by atoms with E-state index >= 15 is 0 Å². The number of nitrogens with two attached hydrogens (primary N) is 1. The van der Waals surface area contributed by atoms with Crippen molar-refractivity contribution in [2.24, 2.45) is 0 Å². The molecule has 2 aromatic heterocycles. The maximum Gasteiger partial charge on any atom is 0.220 e. The highest BCUT2D eigenvalue weighted by Crippen LogP contribution is 2.33. The van der Waals surface area contributed by atoms with Gasteiger partial charge in [-0.25, -0.2) is 19.3 Å². The Morgan fingerprint density at radius 1 is 1.15 bits per heavy atom. The van der Waals surface area contributed by atoms with E-state index in [-0.39, 0.29) is 17.7 Å². The first-order valence-electron chi connectivity index (χ1n) is 8.22. The summed E-state index contributed by atoms with van der Waals surface area (Å²) in [6, 6.07) is 7.92. The van der Waals surface area contributed by atoms with E-state index in [1.54, 1.807) is 36.2 Å². The lowest BCUT2D eigenvalue weighted by atomic mass is 10.1. The topological polar surface area (TPSA) is 89.9 Å². The fraction of sp³-hybridized carbons (Fsp3) is 0.222. The van der Waals surface area contributed by atoms with Crippen molar-refractivity contribution in [3.05, 3.63) is 48.2 Å². The van der Waals surface area contributed by atoms with Gasteiger partial charge in [-0.1, -0.05) is 0 Å². The third kappa shape index (κ3) is 2.79. The molecule has 4 rings (SSSR count). The zero-order valence-electron chi connectivity index (χ0n) is 14.2. The van der Waals surface area contributed by atoms with Gasteiger partial charge in [-0.15, -0.1) is 0 Å². The Bertz CT molecular complexity index is 982. The van der Waals surface area contributed by atoms with E-state index in [4.69, 9.17) is 10.7 Å². The molecule has 132 valence electrons. The molecule has 1 aromatic carbocycles. The Morgan fingerprint density at radius 3 is 2.62 bits per heavy atom. The minimum absolute atomic E-state index is 0.00964. The molecule has 26 heavy (non-hydrogen) atoms. The zero-order chi connectivity index (χ0) is 18.3. The molecule has 1 aliphatic heterocycles. The number of fused-ring (bicyclic) bond motifs is 1. The Balaban J connectivity index is 1.90. The molecule has 3 heterocycles. The van der Waals surface area contributed by atoms with Crippen LogP contribution in [0.4, 0.5) is 10.3 Å². The number of anilines is 1. The minimum atomic E-state index is -0.312.